The third kappa shape index (κ3) is 6.77. The van der Waals surface area contributed by atoms with E-state index in [1.165, 1.54) is 22.3 Å². The summed E-state index contributed by atoms with van der Waals surface area (Å²) in [5.74, 6) is 0.206. The van der Waals surface area contributed by atoms with Crippen molar-refractivity contribution in [2.24, 2.45) is 0 Å². The minimum absolute atomic E-state index is 0.193. The lowest BCUT2D eigenvalue weighted by atomic mass is 9.96. The third-order valence-electron chi connectivity index (χ3n) is 7.45. The molecule has 0 aromatic heterocycles. The summed E-state index contributed by atoms with van der Waals surface area (Å²) in [4.78, 5) is 18.4. The Balaban J connectivity index is 1.26. The van der Waals surface area contributed by atoms with Crippen LogP contribution < -0.4 is 5.32 Å². The molecule has 4 aromatic carbocycles. The van der Waals surface area contributed by atoms with Gasteiger partial charge in [-0.2, -0.15) is 0 Å². The summed E-state index contributed by atoms with van der Waals surface area (Å²) in [6, 6.07) is 42.2. The van der Waals surface area contributed by atoms with E-state index in [0.717, 1.165) is 39.1 Å². The first-order chi connectivity index (χ1) is 18.8. The molecule has 0 aliphatic carbocycles. The summed E-state index contributed by atoms with van der Waals surface area (Å²) in [6.45, 7) is 3.95. The van der Waals surface area contributed by atoms with Crippen LogP contribution in [-0.4, -0.2) is 54.5 Å². The molecule has 4 nitrogen and oxygen atoms in total. The van der Waals surface area contributed by atoms with Crippen molar-refractivity contribution in [3.8, 4) is 0 Å². The molecule has 1 amide bonds. The highest BCUT2D eigenvalue weighted by Crippen LogP contribution is 2.29. The minimum Gasteiger partial charge on any atom is -0.339 e. The number of piperazine rings is 1. The molecule has 1 aliphatic heterocycles. The van der Waals surface area contributed by atoms with Crippen LogP contribution >= 0.6 is 0 Å². The molecule has 0 spiro atoms. The van der Waals surface area contributed by atoms with Crippen molar-refractivity contribution < 1.29 is 4.79 Å². The minimum atomic E-state index is -0.230. The van der Waals surface area contributed by atoms with Crippen molar-refractivity contribution in [2.75, 3.05) is 32.7 Å². The first kappa shape index (κ1) is 25.9. The lowest BCUT2D eigenvalue weighted by molar-refractivity contribution is -0.135. The Kier molecular flexibility index (Phi) is 8.98. The van der Waals surface area contributed by atoms with Gasteiger partial charge in [-0.3, -0.25) is 9.69 Å². The predicted molar refractivity (Wildman–Crippen MR) is 155 cm³/mol. The van der Waals surface area contributed by atoms with Gasteiger partial charge in [0, 0.05) is 26.2 Å². The van der Waals surface area contributed by atoms with Crippen molar-refractivity contribution in [1.29, 1.82) is 0 Å². The van der Waals surface area contributed by atoms with Gasteiger partial charge in [0.25, 0.3) is 0 Å². The molecular weight excluding hydrogens is 466 g/mol. The number of hydrogen-bond acceptors (Lipinski definition) is 3. The van der Waals surface area contributed by atoms with Crippen LogP contribution in [0, 0.1) is 0 Å². The second kappa shape index (κ2) is 13.2. The zero-order valence-electron chi connectivity index (χ0n) is 22.0. The molecule has 0 unspecified atom stereocenters. The largest absolute Gasteiger partial charge is 0.339 e. The number of hydrogen-bond donors (Lipinski definition) is 1. The Hall–Kier alpha value is -3.73. The summed E-state index contributed by atoms with van der Waals surface area (Å²) >= 11 is 0. The van der Waals surface area contributed by atoms with Crippen molar-refractivity contribution in [2.45, 2.75) is 24.9 Å². The molecule has 1 N–H and O–H groups in total. The van der Waals surface area contributed by atoms with Gasteiger partial charge in [-0.15, -0.1) is 0 Å². The molecule has 5 rings (SSSR count). The number of amides is 1. The van der Waals surface area contributed by atoms with Gasteiger partial charge in [-0.1, -0.05) is 121 Å². The fourth-order valence-corrected chi connectivity index (χ4v) is 5.44. The summed E-state index contributed by atoms with van der Waals surface area (Å²) in [5.41, 5.74) is 5.06. The highest BCUT2D eigenvalue weighted by atomic mass is 16.2. The van der Waals surface area contributed by atoms with E-state index in [2.05, 4.69) is 112 Å². The maximum Gasteiger partial charge on any atom is 0.240 e. The van der Waals surface area contributed by atoms with Crippen LogP contribution in [0.15, 0.2) is 121 Å². The van der Waals surface area contributed by atoms with Crippen molar-refractivity contribution in [3.63, 3.8) is 0 Å². The van der Waals surface area contributed by atoms with Crippen LogP contribution in [0.25, 0.3) is 0 Å². The van der Waals surface area contributed by atoms with Gasteiger partial charge in [0.2, 0.25) is 5.91 Å². The van der Waals surface area contributed by atoms with E-state index in [-0.39, 0.29) is 18.0 Å². The third-order valence-corrected chi connectivity index (χ3v) is 7.45. The van der Waals surface area contributed by atoms with E-state index in [1.54, 1.807) is 0 Å². The summed E-state index contributed by atoms with van der Waals surface area (Å²) in [5, 5.41) is 3.59. The first-order valence-corrected chi connectivity index (χ1v) is 13.7. The van der Waals surface area contributed by atoms with Crippen LogP contribution in [0.5, 0.6) is 0 Å². The summed E-state index contributed by atoms with van der Waals surface area (Å²) in [7, 11) is 0. The second-order valence-electron chi connectivity index (χ2n) is 10.0. The molecule has 194 valence electrons. The zero-order valence-corrected chi connectivity index (χ0v) is 22.0. The van der Waals surface area contributed by atoms with Gasteiger partial charge in [-0.25, -0.2) is 0 Å². The maximum absolute atomic E-state index is 13.8. The maximum atomic E-state index is 13.8. The van der Waals surface area contributed by atoms with Crippen LogP contribution in [-0.2, 0) is 17.6 Å². The monoisotopic (exact) mass is 503 g/mol. The normalized spacial score (nSPS) is 14.9. The molecule has 38 heavy (non-hydrogen) atoms. The Labute approximate surface area is 226 Å². The molecule has 0 saturated carbocycles. The highest BCUT2D eigenvalue weighted by Gasteiger charge is 2.31. The molecule has 0 bridgehead atoms. The molecule has 1 fully saturated rings. The fourth-order valence-electron chi connectivity index (χ4n) is 5.44. The molecule has 1 saturated heterocycles. The number of nitrogens with one attached hydrogen (secondary N) is 1. The average molecular weight is 504 g/mol. The summed E-state index contributed by atoms with van der Waals surface area (Å²) < 4.78 is 0. The van der Waals surface area contributed by atoms with Crippen molar-refractivity contribution in [1.82, 2.24) is 15.1 Å². The topological polar surface area (TPSA) is 35.6 Å². The Morgan fingerprint density at radius 2 is 1.11 bits per heavy atom. The van der Waals surface area contributed by atoms with Crippen molar-refractivity contribution >= 4 is 5.91 Å². The lowest BCUT2D eigenvalue weighted by Gasteiger charge is -2.40. The van der Waals surface area contributed by atoms with Crippen LogP contribution in [0.2, 0.25) is 0 Å². The Morgan fingerprint density at radius 3 is 1.63 bits per heavy atom. The van der Waals surface area contributed by atoms with E-state index >= 15 is 0 Å². The van der Waals surface area contributed by atoms with Gasteiger partial charge in [0.15, 0.2) is 0 Å². The van der Waals surface area contributed by atoms with E-state index in [1.807, 2.05) is 24.3 Å². The van der Waals surface area contributed by atoms with Gasteiger partial charge < -0.3 is 10.2 Å². The van der Waals surface area contributed by atoms with Crippen LogP contribution in [0.3, 0.4) is 0 Å². The van der Waals surface area contributed by atoms with Gasteiger partial charge in [0.05, 0.1) is 12.1 Å². The first-order valence-electron chi connectivity index (χ1n) is 13.7. The van der Waals surface area contributed by atoms with E-state index in [0.29, 0.717) is 6.42 Å². The summed E-state index contributed by atoms with van der Waals surface area (Å²) in [6.07, 6.45) is 1.61. The van der Waals surface area contributed by atoms with E-state index < -0.39 is 0 Å². The van der Waals surface area contributed by atoms with Gasteiger partial charge in [-0.05, 0) is 41.6 Å². The SMILES string of the molecule is O=C([C@H](Cc1ccccc1)NCCc1ccccc1)N1CCN(C(c2ccccc2)c2ccccc2)CC1. The number of rotatable bonds is 10. The molecule has 1 heterocycles. The zero-order chi connectivity index (χ0) is 26.0. The molecule has 4 heteroatoms. The molecule has 1 atom stereocenters. The predicted octanol–water partition coefficient (Wildman–Crippen LogP) is 5.36. The van der Waals surface area contributed by atoms with E-state index in [9.17, 15) is 4.79 Å². The number of carbonyl (C=O) groups excluding carboxylic acids is 1. The number of nitrogens with zero attached hydrogens (tertiary/aromatic N) is 2. The van der Waals surface area contributed by atoms with Crippen LogP contribution in [0.4, 0.5) is 0 Å². The Bertz CT molecular complexity index is 1200. The number of benzene rings is 4. The molecule has 4 aromatic rings. The average Bonchev–Trinajstić information content (AvgIpc) is 2.99. The van der Waals surface area contributed by atoms with Crippen LogP contribution in [0.1, 0.15) is 28.3 Å². The lowest BCUT2D eigenvalue weighted by Crippen LogP contribution is -2.55. The van der Waals surface area contributed by atoms with Crippen molar-refractivity contribution in [3.05, 3.63) is 144 Å². The van der Waals surface area contributed by atoms with E-state index in [4.69, 9.17) is 0 Å². The van der Waals surface area contributed by atoms with Gasteiger partial charge >= 0.3 is 0 Å². The standard InChI is InChI=1S/C34H37N3O/c38-34(32(27-29-15-7-2-8-16-29)35-22-21-28-13-5-1-6-14-28)37-25-23-36(24-26-37)33(30-17-9-3-10-18-30)31-19-11-4-12-20-31/h1-20,32-33,35H,21-27H2/t32-/m0/s1. The fraction of sp³-hybridized carbons (Fsp3) is 0.265. The smallest absolute Gasteiger partial charge is 0.240 e. The number of carbonyl (C=O) groups is 1. The van der Waals surface area contributed by atoms with Gasteiger partial charge in [0.1, 0.15) is 0 Å². The second-order valence-corrected chi connectivity index (χ2v) is 10.0. The Morgan fingerprint density at radius 1 is 0.632 bits per heavy atom. The highest BCUT2D eigenvalue weighted by molar-refractivity contribution is 5.82. The molecular formula is C34H37N3O. The molecule has 1 aliphatic rings. The molecule has 0 radical (unpaired) electrons. The quantitative estimate of drug-likeness (QED) is 0.316.